The molecule has 1 unspecified atom stereocenters. The van der Waals surface area contributed by atoms with E-state index in [0.717, 1.165) is 25.0 Å². The van der Waals surface area contributed by atoms with Crippen LogP contribution in [0.15, 0.2) is 36.5 Å². The minimum absolute atomic E-state index is 0.0166. The predicted octanol–water partition coefficient (Wildman–Crippen LogP) is 5.07. The number of fused-ring (bicyclic) bond motifs is 1. The van der Waals surface area contributed by atoms with E-state index in [0.29, 0.717) is 36.5 Å². The molecule has 1 aliphatic carbocycles. The van der Waals surface area contributed by atoms with Gasteiger partial charge in [-0.3, -0.25) is 9.48 Å². The van der Waals surface area contributed by atoms with Gasteiger partial charge in [0.2, 0.25) is 0 Å². The number of hydrogen-bond donors (Lipinski definition) is 2. The number of amides is 1. The van der Waals surface area contributed by atoms with Gasteiger partial charge in [0.05, 0.1) is 17.3 Å². The van der Waals surface area contributed by atoms with Crippen molar-refractivity contribution < 1.29 is 28.2 Å². The molecular weight excluding hydrogens is 494 g/mol. The number of carboxylic acids is 1. The molecule has 2 aromatic carbocycles. The van der Waals surface area contributed by atoms with Gasteiger partial charge >= 0.3 is 5.97 Å². The number of halogens is 2. The van der Waals surface area contributed by atoms with Gasteiger partial charge in [-0.2, -0.15) is 5.10 Å². The summed E-state index contributed by atoms with van der Waals surface area (Å²) in [6, 6.07) is 6.06. The van der Waals surface area contributed by atoms with Gasteiger partial charge < -0.3 is 20.1 Å². The summed E-state index contributed by atoms with van der Waals surface area (Å²) in [6.45, 7) is 5.14. The van der Waals surface area contributed by atoms with Crippen molar-refractivity contribution in [3.63, 3.8) is 0 Å². The van der Waals surface area contributed by atoms with E-state index in [1.807, 2.05) is 32.8 Å². The van der Waals surface area contributed by atoms with Crippen molar-refractivity contribution in [3.05, 3.63) is 53.7 Å². The van der Waals surface area contributed by atoms with Crippen molar-refractivity contribution >= 4 is 22.8 Å². The van der Waals surface area contributed by atoms with E-state index >= 15 is 0 Å². The zero-order chi connectivity index (χ0) is 27.6. The number of carboxylic acid groups (broad SMARTS) is 1. The molecule has 10 heteroatoms. The largest absolute Gasteiger partial charge is 0.480 e. The van der Waals surface area contributed by atoms with Crippen LogP contribution in [0.4, 0.5) is 8.78 Å². The number of aromatic nitrogens is 2. The molecule has 1 atom stereocenters. The highest BCUT2D eigenvalue weighted by Crippen LogP contribution is 2.39. The number of nitrogens with zero attached hydrogens (tertiary/aromatic N) is 3. The minimum atomic E-state index is -1.48. The second-order valence-corrected chi connectivity index (χ2v) is 10.8. The smallest absolute Gasteiger partial charge is 0.329 e. The average molecular weight is 529 g/mol. The van der Waals surface area contributed by atoms with Gasteiger partial charge in [0.1, 0.15) is 17.1 Å². The van der Waals surface area contributed by atoms with Crippen molar-refractivity contribution in [1.82, 2.24) is 20.0 Å². The standard InChI is InChI=1S/C28H34F2N4O4/c1-17(2)16-34-23-13-21(25(11-19(23)15-31-34)38-24-8-7-20(29)12-22(24)30)26(35)32-28(27(36)37,9-10-33(3)4)14-18-5-6-18/h7-8,11-13,15,17-18H,5-6,9-10,14,16H2,1-4H3,(H,32,35)(H,36,37). The summed E-state index contributed by atoms with van der Waals surface area (Å²) >= 11 is 0. The zero-order valence-electron chi connectivity index (χ0n) is 22.1. The minimum Gasteiger partial charge on any atom is -0.480 e. The predicted molar refractivity (Wildman–Crippen MR) is 139 cm³/mol. The molecule has 3 aromatic rings. The fourth-order valence-corrected chi connectivity index (χ4v) is 4.51. The lowest BCUT2D eigenvalue weighted by Crippen LogP contribution is -2.56. The maximum Gasteiger partial charge on any atom is 0.329 e. The fraction of sp³-hybridized carbons (Fsp3) is 0.464. The first-order valence-corrected chi connectivity index (χ1v) is 12.8. The van der Waals surface area contributed by atoms with E-state index in [4.69, 9.17) is 4.74 Å². The molecule has 0 saturated heterocycles. The molecule has 204 valence electrons. The van der Waals surface area contributed by atoms with Crippen molar-refractivity contribution in [2.75, 3.05) is 20.6 Å². The first kappa shape index (κ1) is 27.5. The molecule has 0 spiro atoms. The van der Waals surface area contributed by atoms with E-state index in [1.165, 1.54) is 0 Å². The summed E-state index contributed by atoms with van der Waals surface area (Å²) in [6.07, 6.45) is 4.00. The van der Waals surface area contributed by atoms with Gasteiger partial charge in [0, 0.05) is 24.5 Å². The maximum atomic E-state index is 14.5. The molecule has 8 nitrogen and oxygen atoms in total. The van der Waals surface area contributed by atoms with E-state index in [-0.39, 0.29) is 35.3 Å². The summed E-state index contributed by atoms with van der Waals surface area (Å²) in [5.41, 5.74) is -0.779. The average Bonchev–Trinajstić information content (AvgIpc) is 3.57. The fourth-order valence-electron chi connectivity index (χ4n) is 4.51. The number of carbonyl (C=O) groups excluding carboxylic acids is 1. The van der Waals surface area contributed by atoms with E-state index in [2.05, 4.69) is 10.4 Å². The molecule has 1 aromatic heterocycles. The molecule has 4 rings (SSSR count). The van der Waals surface area contributed by atoms with Crippen LogP contribution in [-0.4, -0.2) is 57.8 Å². The Labute approximate surface area is 220 Å². The van der Waals surface area contributed by atoms with Crippen LogP contribution in [-0.2, 0) is 11.3 Å². The van der Waals surface area contributed by atoms with Crippen LogP contribution in [0, 0.1) is 23.5 Å². The molecule has 1 fully saturated rings. The third-order valence-corrected chi connectivity index (χ3v) is 6.72. The van der Waals surface area contributed by atoms with Gasteiger partial charge in [-0.1, -0.05) is 26.7 Å². The first-order chi connectivity index (χ1) is 18.0. The van der Waals surface area contributed by atoms with Crippen molar-refractivity contribution in [2.24, 2.45) is 11.8 Å². The van der Waals surface area contributed by atoms with E-state index in [1.54, 1.807) is 23.0 Å². The highest BCUT2D eigenvalue weighted by Gasteiger charge is 2.44. The Morgan fingerprint density at radius 1 is 1.21 bits per heavy atom. The van der Waals surface area contributed by atoms with Crippen molar-refractivity contribution in [2.45, 2.75) is 51.6 Å². The normalized spacial score (nSPS) is 15.2. The SMILES string of the molecule is CC(C)Cn1ncc2cc(Oc3ccc(F)cc3F)c(C(=O)NC(CCN(C)C)(CC3CC3)C(=O)O)cc21. The Balaban J connectivity index is 1.77. The Morgan fingerprint density at radius 3 is 2.55 bits per heavy atom. The molecular formula is C28H34F2N4O4. The summed E-state index contributed by atoms with van der Waals surface area (Å²) in [5.74, 6) is -3.16. The monoisotopic (exact) mass is 528 g/mol. The quantitative estimate of drug-likeness (QED) is 0.341. The molecule has 0 bridgehead atoms. The number of ether oxygens (including phenoxy) is 1. The molecule has 38 heavy (non-hydrogen) atoms. The van der Waals surface area contributed by atoms with Crippen LogP contribution in [0.25, 0.3) is 10.9 Å². The number of nitrogens with one attached hydrogen (secondary N) is 1. The Bertz CT molecular complexity index is 1340. The van der Waals surface area contributed by atoms with Crippen molar-refractivity contribution in [3.8, 4) is 11.5 Å². The number of aliphatic carboxylic acids is 1. The molecule has 1 aliphatic rings. The number of rotatable bonds is 12. The Morgan fingerprint density at radius 2 is 1.95 bits per heavy atom. The second kappa shape index (κ2) is 11.1. The Hall–Kier alpha value is -3.53. The second-order valence-electron chi connectivity index (χ2n) is 10.8. The molecule has 0 radical (unpaired) electrons. The van der Waals surface area contributed by atoms with Gasteiger partial charge in [-0.15, -0.1) is 0 Å². The molecule has 0 aliphatic heterocycles. The van der Waals surface area contributed by atoms with Crippen LogP contribution in [0.3, 0.4) is 0 Å². The molecule has 1 saturated carbocycles. The summed E-state index contributed by atoms with van der Waals surface area (Å²) < 4.78 is 35.5. The van der Waals surface area contributed by atoms with E-state index < -0.39 is 29.0 Å². The summed E-state index contributed by atoms with van der Waals surface area (Å²) in [7, 11) is 3.69. The van der Waals surface area contributed by atoms with Crippen molar-refractivity contribution in [1.29, 1.82) is 0 Å². The van der Waals surface area contributed by atoms with Gasteiger partial charge in [0.25, 0.3) is 5.91 Å². The van der Waals surface area contributed by atoms with Crippen LogP contribution in [0.2, 0.25) is 0 Å². The zero-order valence-corrected chi connectivity index (χ0v) is 22.1. The highest BCUT2D eigenvalue weighted by molar-refractivity contribution is 6.03. The van der Waals surface area contributed by atoms with Gasteiger partial charge in [-0.25, -0.2) is 13.6 Å². The number of hydrogen-bond acceptors (Lipinski definition) is 5. The van der Waals surface area contributed by atoms with Gasteiger partial charge in [-0.05, 0) is 63.0 Å². The molecule has 1 amide bonds. The van der Waals surface area contributed by atoms with Crippen LogP contribution < -0.4 is 10.1 Å². The highest BCUT2D eigenvalue weighted by atomic mass is 19.1. The Kier molecular flexibility index (Phi) is 8.01. The van der Waals surface area contributed by atoms with Gasteiger partial charge in [0.15, 0.2) is 11.6 Å². The first-order valence-electron chi connectivity index (χ1n) is 12.8. The lowest BCUT2D eigenvalue weighted by molar-refractivity contribution is -0.145. The van der Waals surface area contributed by atoms with Crippen LogP contribution in [0.5, 0.6) is 11.5 Å². The number of benzene rings is 2. The lowest BCUT2D eigenvalue weighted by Gasteiger charge is -2.32. The van der Waals surface area contributed by atoms with E-state index in [9.17, 15) is 23.5 Å². The third kappa shape index (κ3) is 6.30. The summed E-state index contributed by atoms with van der Waals surface area (Å²) in [4.78, 5) is 28.3. The topological polar surface area (TPSA) is 96.7 Å². The maximum absolute atomic E-state index is 14.5. The summed E-state index contributed by atoms with van der Waals surface area (Å²) in [5, 5.41) is 18.2. The van der Waals surface area contributed by atoms with Crippen LogP contribution >= 0.6 is 0 Å². The third-order valence-electron chi connectivity index (χ3n) is 6.72. The number of carbonyl (C=O) groups is 2. The molecule has 2 N–H and O–H groups in total. The van der Waals surface area contributed by atoms with Crippen LogP contribution in [0.1, 0.15) is 49.9 Å². The molecule has 1 heterocycles. The lowest BCUT2D eigenvalue weighted by atomic mass is 9.88.